The van der Waals surface area contributed by atoms with Crippen molar-refractivity contribution in [3.8, 4) is 5.75 Å². The monoisotopic (exact) mass is 199 g/mol. The van der Waals surface area contributed by atoms with Crippen molar-refractivity contribution in [1.29, 1.82) is 0 Å². The fourth-order valence-corrected chi connectivity index (χ4v) is 1.15. The molecule has 0 heterocycles. The average molecular weight is 200 g/mol. The summed E-state index contributed by atoms with van der Waals surface area (Å²) < 4.78 is 5.33. The molecule has 72 valence electrons. The maximum atomic E-state index is 5.49. The zero-order valence-electron chi connectivity index (χ0n) is 7.50. The molecule has 1 aromatic carbocycles. The minimum atomic E-state index is 0.518. The molecule has 0 saturated carbocycles. The van der Waals surface area contributed by atoms with Crippen LogP contribution in [0.1, 0.15) is 5.56 Å². The van der Waals surface area contributed by atoms with E-state index in [1.807, 2.05) is 24.3 Å². The summed E-state index contributed by atoms with van der Waals surface area (Å²) in [4.78, 5) is 0. The number of ether oxygens (including phenoxy) is 1. The van der Waals surface area contributed by atoms with Gasteiger partial charge in [0.1, 0.15) is 12.4 Å². The van der Waals surface area contributed by atoms with Crippen LogP contribution in [0.25, 0.3) is 0 Å². The zero-order valence-corrected chi connectivity index (χ0v) is 8.26. The van der Waals surface area contributed by atoms with E-state index in [-0.39, 0.29) is 0 Å². The molecule has 0 amide bonds. The lowest BCUT2D eigenvalue weighted by molar-refractivity contribution is 0.342. The lowest BCUT2D eigenvalue weighted by Crippen LogP contribution is -2.02. The molecule has 0 fully saturated rings. The van der Waals surface area contributed by atoms with Crippen molar-refractivity contribution in [3.63, 3.8) is 0 Å². The number of halogens is 1. The van der Waals surface area contributed by atoms with Crippen molar-refractivity contribution in [3.05, 3.63) is 29.8 Å². The van der Waals surface area contributed by atoms with Crippen LogP contribution in [0.2, 0.25) is 0 Å². The number of alkyl halides is 1. The fourth-order valence-electron chi connectivity index (χ4n) is 1.08. The smallest absolute Gasteiger partial charge is 0.119 e. The van der Waals surface area contributed by atoms with Crippen LogP contribution in [0.4, 0.5) is 0 Å². The third-order valence-corrected chi connectivity index (χ3v) is 1.86. The van der Waals surface area contributed by atoms with Gasteiger partial charge in [-0.3, -0.25) is 0 Å². The van der Waals surface area contributed by atoms with Crippen molar-refractivity contribution in [2.24, 2.45) is 5.73 Å². The molecule has 0 radical (unpaired) electrons. The van der Waals surface area contributed by atoms with Crippen molar-refractivity contribution >= 4 is 11.6 Å². The Morgan fingerprint density at radius 3 is 2.46 bits per heavy atom. The van der Waals surface area contributed by atoms with Gasteiger partial charge in [-0.1, -0.05) is 12.1 Å². The molecule has 2 N–H and O–H groups in total. The van der Waals surface area contributed by atoms with Crippen molar-refractivity contribution < 1.29 is 4.74 Å². The first-order chi connectivity index (χ1) is 6.36. The van der Waals surface area contributed by atoms with Crippen molar-refractivity contribution in [2.75, 3.05) is 19.0 Å². The van der Waals surface area contributed by atoms with Gasteiger partial charge < -0.3 is 10.5 Å². The standard InChI is InChI=1S/C10H14ClNO/c11-6-8-13-10-3-1-9(2-4-10)5-7-12/h1-4H,5-8,12H2. The van der Waals surface area contributed by atoms with E-state index in [4.69, 9.17) is 22.1 Å². The Morgan fingerprint density at radius 2 is 1.92 bits per heavy atom. The largest absolute Gasteiger partial charge is 0.492 e. The highest BCUT2D eigenvalue weighted by Gasteiger charge is 1.93. The van der Waals surface area contributed by atoms with Gasteiger partial charge in [-0.25, -0.2) is 0 Å². The molecule has 0 aromatic heterocycles. The van der Waals surface area contributed by atoms with E-state index >= 15 is 0 Å². The molecule has 0 aliphatic rings. The maximum absolute atomic E-state index is 5.49. The van der Waals surface area contributed by atoms with Crippen LogP contribution in [0.5, 0.6) is 5.75 Å². The number of nitrogens with two attached hydrogens (primary N) is 1. The minimum absolute atomic E-state index is 0.518. The highest BCUT2D eigenvalue weighted by Crippen LogP contribution is 2.12. The first kappa shape index (κ1) is 10.4. The average Bonchev–Trinajstić information content (AvgIpc) is 2.17. The predicted octanol–water partition coefficient (Wildman–Crippen LogP) is 1.81. The van der Waals surface area contributed by atoms with Gasteiger partial charge in [0.15, 0.2) is 0 Å². The van der Waals surface area contributed by atoms with Crippen LogP contribution in [-0.2, 0) is 6.42 Å². The van der Waals surface area contributed by atoms with E-state index in [9.17, 15) is 0 Å². The molecule has 0 aliphatic carbocycles. The quantitative estimate of drug-likeness (QED) is 0.735. The number of rotatable bonds is 5. The molecule has 0 aliphatic heterocycles. The molecule has 0 saturated heterocycles. The Bertz CT molecular complexity index is 235. The van der Waals surface area contributed by atoms with E-state index in [1.54, 1.807) is 0 Å². The van der Waals surface area contributed by atoms with Crippen LogP contribution in [0.15, 0.2) is 24.3 Å². The Morgan fingerprint density at radius 1 is 1.23 bits per heavy atom. The second-order valence-corrected chi connectivity index (χ2v) is 3.10. The Balaban J connectivity index is 2.48. The van der Waals surface area contributed by atoms with Crippen LogP contribution < -0.4 is 10.5 Å². The molecular weight excluding hydrogens is 186 g/mol. The summed E-state index contributed by atoms with van der Waals surface area (Å²) in [5.74, 6) is 1.38. The number of hydrogen-bond acceptors (Lipinski definition) is 2. The SMILES string of the molecule is NCCc1ccc(OCCCl)cc1. The molecule has 3 heteroatoms. The lowest BCUT2D eigenvalue weighted by atomic mass is 10.1. The zero-order chi connectivity index (χ0) is 9.52. The van der Waals surface area contributed by atoms with Gasteiger partial charge in [0.25, 0.3) is 0 Å². The molecule has 13 heavy (non-hydrogen) atoms. The highest BCUT2D eigenvalue weighted by molar-refractivity contribution is 6.17. The fraction of sp³-hybridized carbons (Fsp3) is 0.400. The van der Waals surface area contributed by atoms with E-state index in [0.717, 1.165) is 12.2 Å². The van der Waals surface area contributed by atoms with Gasteiger partial charge in [0, 0.05) is 0 Å². The summed E-state index contributed by atoms with van der Waals surface area (Å²) in [5, 5.41) is 0. The maximum Gasteiger partial charge on any atom is 0.119 e. The number of benzene rings is 1. The molecule has 0 atom stereocenters. The minimum Gasteiger partial charge on any atom is -0.492 e. The van der Waals surface area contributed by atoms with Gasteiger partial charge in [-0.15, -0.1) is 11.6 Å². The Hall–Kier alpha value is -0.730. The van der Waals surface area contributed by atoms with Crippen LogP contribution in [0, 0.1) is 0 Å². The third kappa shape index (κ3) is 3.66. The van der Waals surface area contributed by atoms with Gasteiger partial charge >= 0.3 is 0 Å². The third-order valence-electron chi connectivity index (χ3n) is 1.70. The first-order valence-electron chi connectivity index (χ1n) is 4.34. The molecule has 0 spiro atoms. The summed E-state index contributed by atoms with van der Waals surface area (Å²) in [6.07, 6.45) is 0.912. The summed E-state index contributed by atoms with van der Waals surface area (Å²) in [7, 11) is 0. The molecule has 0 unspecified atom stereocenters. The van der Waals surface area contributed by atoms with Crippen LogP contribution in [0.3, 0.4) is 0 Å². The Labute approximate surface area is 83.6 Å². The predicted molar refractivity (Wildman–Crippen MR) is 55.4 cm³/mol. The van der Waals surface area contributed by atoms with Gasteiger partial charge in [-0.2, -0.15) is 0 Å². The van der Waals surface area contributed by atoms with Crippen molar-refractivity contribution in [1.82, 2.24) is 0 Å². The van der Waals surface area contributed by atoms with Crippen LogP contribution in [-0.4, -0.2) is 19.0 Å². The normalized spacial score (nSPS) is 10.0. The van der Waals surface area contributed by atoms with E-state index in [0.29, 0.717) is 19.0 Å². The lowest BCUT2D eigenvalue weighted by Gasteiger charge is -2.04. The molecule has 1 rings (SSSR count). The molecule has 0 bridgehead atoms. The Kier molecular flexibility index (Phi) is 4.65. The molecular formula is C10H14ClNO. The summed E-state index contributed by atoms with van der Waals surface area (Å²) in [6.45, 7) is 1.24. The van der Waals surface area contributed by atoms with E-state index < -0.39 is 0 Å². The summed E-state index contributed by atoms with van der Waals surface area (Å²) in [6, 6.07) is 7.93. The van der Waals surface area contributed by atoms with Crippen molar-refractivity contribution in [2.45, 2.75) is 6.42 Å². The van der Waals surface area contributed by atoms with Gasteiger partial charge in [0.05, 0.1) is 5.88 Å². The second kappa shape index (κ2) is 5.84. The van der Waals surface area contributed by atoms with Gasteiger partial charge in [-0.05, 0) is 30.7 Å². The number of hydrogen-bond donors (Lipinski definition) is 1. The second-order valence-electron chi connectivity index (χ2n) is 2.72. The van der Waals surface area contributed by atoms with Crippen LogP contribution >= 0.6 is 11.6 Å². The van der Waals surface area contributed by atoms with E-state index in [1.165, 1.54) is 5.56 Å². The van der Waals surface area contributed by atoms with E-state index in [2.05, 4.69) is 0 Å². The molecule has 2 nitrogen and oxygen atoms in total. The highest BCUT2D eigenvalue weighted by atomic mass is 35.5. The summed E-state index contributed by atoms with van der Waals surface area (Å²) in [5.41, 5.74) is 6.67. The topological polar surface area (TPSA) is 35.2 Å². The van der Waals surface area contributed by atoms with Gasteiger partial charge in [0.2, 0.25) is 0 Å². The first-order valence-corrected chi connectivity index (χ1v) is 4.88. The molecule has 1 aromatic rings. The summed E-state index contributed by atoms with van der Waals surface area (Å²) >= 11 is 5.49.